The molecule has 0 radical (unpaired) electrons. The van der Waals surface area contributed by atoms with Gasteiger partial charge in [0, 0.05) is 30.5 Å². The highest BCUT2D eigenvalue weighted by molar-refractivity contribution is 5.94. The molecule has 0 spiro atoms. The number of aromatic nitrogens is 2. The normalized spacial score (nSPS) is 17.9. The van der Waals surface area contributed by atoms with Gasteiger partial charge in [-0.2, -0.15) is 0 Å². The molecule has 0 saturated carbocycles. The minimum absolute atomic E-state index is 0.0661. The number of hydrogen-bond donors (Lipinski definition) is 2. The van der Waals surface area contributed by atoms with Gasteiger partial charge in [0.25, 0.3) is 0 Å². The zero-order valence-corrected chi connectivity index (χ0v) is 14.5. The second-order valence-electron chi connectivity index (χ2n) is 6.76. The fourth-order valence-electron chi connectivity index (χ4n) is 3.20. The predicted molar refractivity (Wildman–Crippen MR) is 96.1 cm³/mol. The Kier molecular flexibility index (Phi) is 5.30. The molecule has 1 aliphatic rings. The van der Waals surface area contributed by atoms with Crippen LogP contribution in [0.2, 0.25) is 0 Å². The Bertz CT molecular complexity index is 686. The Hall–Kier alpha value is -2.14. The molecular formula is C19H26N4O. The smallest absolute Gasteiger partial charge is 0.241 e. The van der Waals surface area contributed by atoms with E-state index >= 15 is 0 Å². The fourth-order valence-corrected chi connectivity index (χ4v) is 3.20. The highest BCUT2D eigenvalue weighted by Gasteiger charge is 2.20. The molecule has 1 aliphatic heterocycles. The van der Waals surface area contributed by atoms with Crippen molar-refractivity contribution in [2.45, 2.75) is 51.6 Å². The Balaban J connectivity index is 1.67. The van der Waals surface area contributed by atoms with Gasteiger partial charge in [0.1, 0.15) is 5.82 Å². The van der Waals surface area contributed by atoms with E-state index < -0.39 is 0 Å². The van der Waals surface area contributed by atoms with Crippen LogP contribution in [0, 0.1) is 0 Å². The third-order valence-corrected chi connectivity index (χ3v) is 4.44. The van der Waals surface area contributed by atoms with Gasteiger partial charge in [-0.25, -0.2) is 4.98 Å². The molecular weight excluding hydrogens is 300 g/mol. The molecule has 0 bridgehead atoms. The van der Waals surface area contributed by atoms with Crippen LogP contribution in [-0.2, 0) is 11.3 Å². The number of imidazole rings is 1. The summed E-state index contributed by atoms with van der Waals surface area (Å²) in [7, 11) is 0. The summed E-state index contributed by atoms with van der Waals surface area (Å²) in [5.41, 5.74) is 2.01. The lowest BCUT2D eigenvalue weighted by Crippen LogP contribution is -2.43. The van der Waals surface area contributed by atoms with Gasteiger partial charge in [-0.05, 0) is 37.1 Å². The van der Waals surface area contributed by atoms with Crippen molar-refractivity contribution in [1.82, 2.24) is 14.9 Å². The zero-order chi connectivity index (χ0) is 16.9. The summed E-state index contributed by atoms with van der Waals surface area (Å²) in [5.74, 6) is 1.54. The molecule has 2 N–H and O–H groups in total. The number of benzene rings is 1. The standard InChI is InChI=1S/C19H26N4O/c1-14(2)18-21-10-11-23(18)13-15-6-5-7-16(12-15)22-19(24)17-8-3-4-9-20-17/h5-7,10-12,14,17,20H,3-4,8-9,13H2,1-2H3,(H,22,24)/t17-/m1/s1. The van der Waals surface area contributed by atoms with Gasteiger partial charge in [0.05, 0.1) is 6.04 Å². The monoisotopic (exact) mass is 326 g/mol. The van der Waals surface area contributed by atoms with Crippen LogP contribution in [0.25, 0.3) is 0 Å². The summed E-state index contributed by atoms with van der Waals surface area (Å²) in [4.78, 5) is 16.8. The lowest BCUT2D eigenvalue weighted by atomic mass is 10.0. The van der Waals surface area contributed by atoms with Gasteiger partial charge in [-0.1, -0.05) is 32.4 Å². The highest BCUT2D eigenvalue weighted by atomic mass is 16.2. The van der Waals surface area contributed by atoms with Gasteiger partial charge in [0.2, 0.25) is 5.91 Å². The summed E-state index contributed by atoms with van der Waals surface area (Å²) in [6.45, 7) is 5.98. The van der Waals surface area contributed by atoms with E-state index in [9.17, 15) is 4.79 Å². The van der Waals surface area contributed by atoms with Gasteiger partial charge >= 0.3 is 0 Å². The first kappa shape index (κ1) is 16.7. The summed E-state index contributed by atoms with van der Waals surface area (Å²) < 4.78 is 2.16. The second-order valence-corrected chi connectivity index (χ2v) is 6.76. The van der Waals surface area contributed by atoms with E-state index in [-0.39, 0.29) is 11.9 Å². The summed E-state index contributed by atoms with van der Waals surface area (Å²) in [5, 5.41) is 6.33. The van der Waals surface area contributed by atoms with Crippen LogP contribution in [0.3, 0.4) is 0 Å². The molecule has 1 aromatic carbocycles. The molecule has 5 nitrogen and oxygen atoms in total. The Labute approximate surface area is 143 Å². The number of nitrogens with zero attached hydrogens (tertiary/aromatic N) is 2. The molecule has 1 fully saturated rings. The topological polar surface area (TPSA) is 59.0 Å². The quantitative estimate of drug-likeness (QED) is 0.887. The van der Waals surface area contributed by atoms with Crippen LogP contribution >= 0.6 is 0 Å². The van der Waals surface area contributed by atoms with E-state index in [0.29, 0.717) is 5.92 Å². The van der Waals surface area contributed by atoms with Crippen molar-refractivity contribution in [1.29, 1.82) is 0 Å². The van der Waals surface area contributed by atoms with E-state index in [0.717, 1.165) is 49.4 Å². The molecule has 128 valence electrons. The first-order valence-electron chi connectivity index (χ1n) is 8.77. The number of hydrogen-bond acceptors (Lipinski definition) is 3. The number of carbonyl (C=O) groups excluding carboxylic acids is 1. The maximum Gasteiger partial charge on any atom is 0.241 e. The number of carbonyl (C=O) groups is 1. The minimum Gasteiger partial charge on any atom is -0.330 e. The minimum atomic E-state index is -0.0661. The molecule has 1 saturated heterocycles. The molecule has 1 atom stereocenters. The van der Waals surface area contributed by atoms with E-state index in [1.165, 1.54) is 0 Å². The van der Waals surface area contributed by atoms with Crippen LogP contribution < -0.4 is 10.6 Å². The van der Waals surface area contributed by atoms with Crippen LogP contribution in [0.4, 0.5) is 5.69 Å². The van der Waals surface area contributed by atoms with Gasteiger partial charge in [0.15, 0.2) is 0 Å². The SMILES string of the molecule is CC(C)c1nccn1Cc1cccc(NC(=O)[C@H]2CCCCN2)c1. The molecule has 5 heteroatoms. The molecule has 1 amide bonds. The average Bonchev–Trinajstić information content (AvgIpc) is 3.04. The molecule has 0 aliphatic carbocycles. The maximum atomic E-state index is 12.4. The third-order valence-electron chi connectivity index (χ3n) is 4.44. The van der Waals surface area contributed by atoms with E-state index in [2.05, 4.69) is 40.1 Å². The molecule has 1 aromatic heterocycles. The molecule has 3 rings (SSSR count). The van der Waals surface area contributed by atoms with Crippen LogP contribution in [0.1, 0.15) is 50.4 Å². The van der Waals surface area contributed by atoms with Crippen LogP contribution in [0.5, 0.6) is 0 Å². The molecule has 24 heavy (non-hydrogen) atoms. The molecule has 2 heterocycles. The van der Waals surface area contributed by atoms with Gasteiger partial charge < -0.3 is 15.2 Å². The predicted octanol–water partition coefficient (Wildman–Crippen LogP) is 3.14. The van der Waals surface area contributed by atoms with Crippen molar-refractivity contribution < 1.29 is 4.79 Å². The lowest BCUT2D eigenvalue weighted by Gasteiger charge is -2.22. The second kappa shape index (κ2) is 7.62. The van der Waals surface area contributed by atoms with Crippen molar-refractivity contribution in [2.24, 2.45) is 0 Å². The van der Waals surface area contributed by atoms with E-state index in [1.54, 1.807) is 0 Å². The molecule has 2 aromatic rings. The van der Waals surface area contributed by atoms with Crippen molar-refractivity contribution in [3.05, 3.63) is 48.0 Å². The van der Waals surface area contributed by atoms with Crippen molar-refractivity contribution in [2.75, 3.05) is 11.9 Å². The summed E-state index contributed by atoms with van der Waals surface area (Å²) in [6, 6.07) is 8.00. The van der Waals surface area contributed by atoms with E-state index in [4.69, 9.17) is 0 Å². The maximum absolute atomic E-state index is 12.4. The fraction of sp³-hybridized carbons (Fsp3) is 0.474. The summed E-state index contributed by atoms with van der Waals surface area (Å²) >= 11 is 0. The first-order valence-corrected chi connectivity index (χ1v) is 8.77. The number of rotatable bonds is 5. The van der Waals surface area contributed by atoms with Gasteiger partial charge in [-0.15, -0.1) is 0 Å². The lowest BCUT2D eigenvalue weighted by molar-refractivity contribution is -0.118. The van der Waals surface area contributed by atoms with Crippen molar-refractivity contribution in [3.63, 3.8) is 0 Å². The third kappa shape index (κ3) is 4.03. The van der Waals surface area contributed by atoms with Crippen LogP contribution in [-0.4, -0.2) is 28.0 Å². The first-order chi connectivity index (χ1) is 11.6. The van der Waals surface area contributed by atoms with E-state index in [1.807, 2.05) is 30.6 Å². The number of piperidine rings is 1. The van der Waals surface area contributed by atoms with Crippen LogP contribution in [0.15, 0.2) is 36.7 Å². The molecule has 0 unspecified atom stereocenters. The van der Waals surface area contributed by atoms with Crippen molar-refractivity contribution in [3.8, 4) is 0 Å². The summed E-state index contributed by atoms with van der Waals surface area (Å²) in [6.07, 6.45) is 7.03. The average molecular weight is 326 g/mol. The van der Waals surface area contributed by atoms with Gasteiger partial charge in [-0.3, -0.25) is 4.79 Å². The Morgan fingerprint density at radius 2 is 2.29 bits per heavy atom. The Morgan fingerprint density at radius 3 is 3.04 bits per heavy atom. The largest absolute Gasteiger partial charge is 0.330 e. The number of nitrogens with one attached hydrogen (secondary N) is 2. The highest BCUT2D eigenvalue weighted by Crippen LogP contribution is 2.17. The zero-order valence-electron chi connectivity index (χ0n) is 14.5. The number of amides is 1. The van der Waals surface area contributed by atoms with Crippen molar-refractivity contribution >= 4 is 11.6 Å². The Morgan fingerprint density at radius 1 is 1.42 bits per heavy atom. The number of anilines is 1.